The first-order valence-electron chi connectivity index (χ1n) is 7.26. The Morgan fingerprint density at radius 3 is 2.58 bits per heavy atom. The lowest BCUT2D eigenvalue weighted by Gasteiger charge is -2.24. The Kier molecular flexibility index (Phi) is 4.80. The maximum absolute atomic E-state index is 6.07. The van der Waals surface area contributed by atoms with Crippen LogP contribution in [0.3, 0.4) is 0 Å². The van der Waals surface area contributed by atoms with E-state index in [0.717, 1.165) is 19.5 Å². The highest BCUT2D eigenvalue weighted by Gasteiger charge is 2.23. The molecule has 0 unspecified atom stereocenters. The SMILES string of the molecule is CC[C@@H](N)c1ccc(N2CCSC(C)(C)CC2)cc1. The van der Waals surface area contributed by atoms with Crippen molar-refractivity contribution in [1.29, 1.82) is 0 Å². The van der Waals surface area contributed by atoms with E-state index >= 15 is 0 Å². The number of nitrogens with zero attached hydrogens (tertiary/aromatic N) is 1. The molecule has 1 atom stereocenters. The van der Waals surface area contributed by atoms with Gasteiger partial charge < -0.3 is 10.6 Å². The van der Waals surface area contributed by atoms with Gasteiger partial charge in [0.15, 0.2) is 0 Å². The van der Waals surface area contributed by atoms with Gasteiger partial charge in [0.2, 0.25) is 0 Å². The van der Waals surface area contributed by atoms with Crippen molar-refractivity contribution >= 4 is 17.4 Å². The molecule has 0 radical (unpaired) electrons. The van der Waals surface area contributed by atoms with Gasteiger partial charge in [-0.1, -0.05) is 32.9 Å². The van der Waals surface area contributed by atoms with Crippen LogP contribution in [0.15, 0.2) is 24.3 Å². The Labute approximate surface area is 121 Å². The minimum absolute atomic E-state index is 0.174. The molecular formula is C16H26N2S. The number of hydrogen-bond donors (Lipinski definition) is 1. The summed E-state index contributed by atoms with van der Waals surface area (Å²) in [6, 6.07) is 9.01. The van der Waals surface area contributed by atoms with Gasteiger partial charge in [-0.15, -0.1) is 0 Å². The molecule has 0 aromatic heterocycles. The second-order valence-corrected chi connectivity index (χ2v) is 7.75. The smallest absolute Gasteiger partial charge is 0.0366 e. The van der Waals surface area contributed by atoms with Crippen LogP contribution in [0.1, 0.15) is 45.2 Å². The second-order valence-electron chi connectivity index (χ2n) is 5.95. The molecule has 1 aliphatic rings. The fourth-order valence-corrected chi connectivity index (χ4v) is 3.55. The standard InChI is InChI=1S/C16H26N2S/c1-4-15(17)13-5-7-14(8-6-13)18-10-9-16(2,3)19-12-11-18/h5-8,15H,4,9-12,17H2,1-3H3/t15-/m1/s1. The summed E-state index contributed by atoms with van der Waals surface area (Å²) in [6.45, 7) is 9.13. The molecule has 2 N–H and O–H groups in total. The summed E-state index contributed by atoms with van der Waals surface area (Å²) >= 11 is 2.09. The normalized spacial score (nSPS) is 20.9. The molecule has 0 aliphatic carbocycles. The topological polar surface area (TPSA) is 29.3 Å². The monoisotopic (exact) mass is 278 g/mol. The Bertz CT molecular complexity index is 400. The van der Waals surface area contributed by atoms with Crippen molar-refractivity contribution in [2.24, 2.45) is 5.73 Å². The van der Waals surface area contributed by atoms with Gasteiger partial charge in [-0.25, -0.2) is 0 Å². The van der Waals surface area contributed by atoms with Crippen molar-refractivity contribution in [2.45, 2.75) is 44.4 Å². The van der Waals surface area contributed by atoms with Crippen LogP contribution < -0.4 is 10.6 Å². The van der Waals surface area contributed by atoms with Crippen molar-refractivity contribution in [3.63, 3.8) is 0 Å². The third kappa shape index (κ3) is 3.90. The summed E-state index contributed by atoms with van der Waals surface area (Å²) in [5.74, 6) is 1.21. The van der Waals surface area contributed by atoms with Crippen molar-refractivity contribution in [3.05, 3.63) is 29.8 Å². The van der Waals surface area contributed by atoms with E-state index in [-0.39, 0.29) is 6.04 Å². The molecule has 19 heavy (non-hydrogen) atoms. The van der Waals surface area contributed by atoms with Crippen LogP contribution in [0.5, 0.6) is 0 Å². The molecule has 1 aliphatic heterocycles. The highest BCUT2D eigenvalue weighted by atomic mass is 32.2. The van der Waals surface area contributed by atoms with Crippen LogP contribution in [0.25, 0.3) is 0 Å². The summed E-state index contributed by atoms with van der Waals surface area (Å²) in [7, 11) is 0. The molecular weight excluding hydrogens is 252 g/mol. The minimum Gasteiger partial charge on any atom is -0.371 e. The van der Waals surface area contributed by atoms with Gasteiger partial charge in [0, 0.05) is 35.3 Å². The number of anilines is 1. The van der Waals surface area contributed by atoms with Gasteiger partial charge in [0.25, 0.3) is 0 Å². The summed E-state index contributed by atoms with van der Waals surface area (Å²) in [6.07, 6.45) is 2.24. The maximum Gasteiger partial charge on any atom is 0.0366 e. The molecule has 1 saturated heterocycles. The number of thioether (sulfide) groups is 1. The average molecular weight is 278 g/mol. The maximum atomic E-state index is 6.07. The quantitative estimate of drug-likeness (QED) is 0.911. The second kappa shape index (κ2) is 6.19. The number of hydrogen-bond acceptors (Lipinski definition) is 3. The van der Waals surface area contributed by atoms with E-state index in [1.807, 2.05) is 0 Å². The van der Waals surface area contributed by atoms with Crippen LogP contribution in [-0.4, -0.2) is 23.6 Å². The van der Waals surface area contributed by atoms with E-state index in [2.05, 4.69) is 61.7 Å². The predicted molar refractivity (Wildman–Crippen MR) is 87.0 cm³/mol. The first-order valence-corrected chi connectivity index (χ1v) is 8.25. The Morgan fingerprint density at radius 1 is 1.26 bits per heavy atom. The van der Waals surface area contributed by atoms with Crippen molar-refractivity contribution < 1.29 is 0 Å². The van der Waals surface area contributed by atoms with Crippen LogP contribution in [0.4, 0.5) is 5.69 Å². The van der Waals surface area contributed by atoms with Crippen molar-refractivity contribution in [1.82, 2.24) is 0 Å². The average Bonchev–Trinajstić information content (AvgIpc) is 2.59. The summed E-state index contributed by atoms with van der Waals surface area (Å²) in [5, 5.41) is 0. The minimum atomic E-state index is 0.174. The zero-order valence-corrected chi connectivity index (χ0v) is 13.2. The molecule has 3 heteroatoms. The lowest BCUT2D eigenvalue weighted by atomic mass is 10.0. The molecule has 1 aromatic carbocycles. The third-order valence-corrected chi connectivity index (χ3v) is 5.34. The molecule has 1 heterocycles. The summed E-state index contributed by atoms with van der Waals surface area (Å²) in [5.41, 5.74) is 8.65. The Balaban J connectivity index is 2.05. The fourth-order valence-electron chi connectivity index (χ4n) is 2.45. The van der Waals surface area contributed by atoms with Gasteiger partial charge in [0.1, 0.15) is 0 Å². The predicted octanol–water partition coefficient (Wildman–Crippen LogP) is 3.82. The third-order valence-electron chi connectivity index (χ3n) is 3.96. The van der Waals surface area contributed by atoms with Gasteiger partial charge in [-0.2, -0.15) is 11.8 Å². The number of rotatable bonds is 3. The summed E-state index contributed by atoms with van der Waals surface area (Å²) in [4.78, 5) is 2.50. The lowest BCUT2D eigenvalue weighted by molar-refractivity contribution is 0.637. The zero-order valence-electron chi connectivity index (χ0n) is 12.4. The van der Waals surface area contributed by atoms with Crippen LogP contribution >= 0.6 is 11.8 Å². The molecule has 0 amide bonds. The first-order chi connectivity index (χ1) is 9.02. The Morgan fingerprint density at radius 2 is 1.95 bits per heavy atom. The summed E-state index contributed by atoms with van der Waals surface area (Å²) < 4.78 is 0.416. The highest BCUT2D eigenvalue weighted by molar-refractivity contribution is 8.00. The highest BCUT2D eigenvalue weighted by Crippen LogP contribution is 2.32. The van der Waals surface area contributed by atoms with E-state index in [9.17, 15) is 0 Å². The zero-order chi connectivity index (χ0) is 13.9. The number of nitrogens with two attached hydrogens (primary N) is 1. The van der Waals surface area contributed by atoms with Crippen molar-refractivity contribution in [3.8, 4) is 0 Å². The van der Waals surface area contributed by atoms with E-state index in [4.69, 9.17) is 5.73 Å². The molecule has 0 spiro atoms. The largest absolute Gasteiger partial charge is 0.371 e. The van der Waals surface area contributed by atoms with Crippen LogP contribution in [0.2, 0.25) is 0 Å². The van der Waals surface area contributed by atoms with E-state index in [1.54, 1.807) is 0 Å². The molecule has 2 nitrogen and oxygen atoms in total. The van der Waals surface area contributed by atoms with Crippen molar-refractivity contribution in [2.75, 3.05) is 23.7 Å². The molecule has 1 aromatic rings. The van der Waals surface area contributed by atoms with E-state index in [0.29, 0.717) is 4.75 Å². The molecule has 106 valence electrons. The van der Waals surface area contributed by atoms with E-state index in [1.165, 1.54) is 23.4 Å². The van der Waals surface area contributed by atoms with Gasteiger partial charge >= 0.3 is 0 Å². The van der Waals surface area contributed by atoms with Crippen LogP contribution in [0, 0.1) is 0 Å². The molecule has 2 rings (SSSR count). The molecule has 0 saturated carbocycles. The Hall–Kier alpha value is -0.670. The van der Waals surface area contributed by atoms with Gasteiger partial charge in [0.05, 0.1) is 0 Å². The first kappa shape index (κ1) is 14.7. The van der Waals surface area contributed by atoms with Gasteiger partial charge in [-0.3, -0.25) is 0 Å². The lowest BCUT2D eigenvalue weighted by Crippen LogP contribution is -2.26. The van der Waals surface area contributed by atoms with E-state index < -0.39 is 0 Å². The molecule has 0 bridgehead atoms. The molecule has 1 fully saturated rings. The fraction of sp³-hybridized carbons (Fsp3) is 0.625. The van der Waals surface area contributed by atoms with Crippen LogP contribution in [-0.2, 0) is 0 Å². The van der Waals surface area contributed by atoms with Gasteiger partial charge in [-0.05, 0) is 30.5 Å². The number of benzene rings is 1.